The van der Waals surface area contributed by atoms with Crippen LogP contribution in [0, 0.1) is 0 Å². The summed E-state index contributed by atoms with van der Waals surface area (Å²) in [5.74, 6) is -5.47. The van der Waals surface area contributed by atoms with E-state index >= 15 is 0 Å². The van der Waals surface area contributed by atoms with Crippen LogP contribution in [-0.4, -0.2) is 72.9 Å². The summed E-state index contributed by atoms with van der Waals surface area (Å²) in [5, 5.41) is 0. The molecule has 6 atom stereocenters. The van der Waals surface area contributed by atoms with Gasteiger partial charge in [0.05, 0.1) is 5.66 Å². The van der Waals surface area contributed by atoms with Crippen molar-refractivity contribution in [3.8, 4) is 0 Å². The molecule has 0 aromatic rings. The lowest BCUT2D eigenvalue weighted by atomic mass is 10.0. The van der Waals surface area contributed by atoms with E-state index in [4.69, 9.17) is 23.7 Å². The number of rotatable bonds is 6. The van der Waals surface area contributed by atoms with Gasteiger partial charge in [0.1, 0.15) is 13.7 Å². The minimum absolute atomic E-state index is 0.469. The highest BCUT2D eigenvalue weighted by Crippen LogP contribution is 2.60. The van der Waals surface area contributed by atoms with Gasteiger partial charge in [0.2, 0.25) is 0 Å². The average molecular weight is 436 g/mol. The zero-order valence-electron chi connectivity index (χ0n) is 17.0. The number of carbonyl (C=O) groups excluding carboxylic acids is 5. The fraction of sp³-hybridized carbons (Fsp3) is 0.706. The van der Waals surface area contributed by atoms with Crippen LogP contribution in [0.4, 0.5) is 0 Å². The Morgan fingerprint density at radius 2 is 1.07 bits per heavy atom. The second-order valence-corrected chi connectivity index (χ2v) is 9.94. The van der Waals surface area contributed by atoms with Crippen LogP contribution < -0.4 is 0 Å². The van der Waals surface area contributed by atoms with E-state index in [9.17, 15) is 28.5 Å². The molecule has 0 bridgehead atoms. The molecule has 0 spiro atoms. The lowest BCUT2D eigenvalue weighted by Gasteiger charge is -2.47. The molecule has 0 aromatic heterocycles. The Kier molecular flexibility index (Phi) is 8.37. The van der Waals surface area contributed by atoms with Crippen LogP contribution >= 0.6 is 7.14 Å². The smallest absolute Gasteiger partial charge is 0.303 e. The molecule has 164 valence electrons. The summed E-state index contributed by atoms with van der Waals surface area (Å²) in [6.07, 6.45) is -4.34. The number of esters is 5. The largest absolute Gasteiger partial charge is 0.465 e. The van der Waals surface area contributed by atoms with E-state index < -0.39 is 73.4 Å². The second-order valence-electron chi connectivity index (χ2n) is 6.65. The van der Waals surface area contributed by atoms with Crippen molar-refractivity contribution in [2.45, 2.75) is 64.4 Å². The van der Waals surface area contributed by atoms with Crippen LogP contribution in [0.25, 0.3) is 0 Å². The highest BCUT2D eigenvalue weighted by molar-refractivity contribution is 7.64. The minimum Gasteiger partial charge on any atom is -0.465 e. The molecule has 0 N–H and O–H groups in total. The predicted octanol–water partition coefficient (Wildman–Crippen LogP) is 0.609. The van der Waals surface area contributed by atoms with E-state index in [1.54, 1.807) is 0 Å². The van der Waals surface area contributed by atoms with E-state index in [-0.39, 0.29) is 0 Å². The topological polar surface area (TPSA) is 149 Å². The summed E-state index contributed by atoms with van der Waals surface area (Å²) >= 11 is 0. The van der Waals surface area contributed by atoms with Gasteiger partial charge in [-0.15, -0.1) is 0 Å². The van der Waals surface area contributed by atoms with Gasteiger partial charge in [0.25, 0.3) is 0 Å². The van der Waals surface area contributed by atoms with Gasteiger partial charge in [-0.3, -0.25) is 24.0 Å². The van der Waals surface area contributed by atoms with Gasteiger partial charge < -0.3 is 28.2 Å². The molecule has 29 heavy (non-hydrogen) atoms. The molecule has 0 aromatic carbocycles. The lowest BCUT2D eigenvalue weighted by molar-refractivity contribution is -0.197. The van der Waals surface area contributed by atoms with Gasteiger partial charge in [-0.25, -0.2) is 0 Å². The van der Waals surface area contributed by atoms with Crippen molar-refractivity contribution in [1.82, 2.24) is 0 Å². The van der Waals surface area contributed by atoms with Crippen molar-refractivity contribution in [2.24, 2.45) is 0 Å². The molecule has 0 saturated carbocycles. The van der Waals surface area contributed by atoms with Crippen molar-refractivity contribution in [3.05, 3.63) is 0 Å². The molecule has 0 radical (unpaired) electrons. The van der Waals surface area contributed by atoms with Crippen LogP contribution in [0.1, 0.15) is 34.6 Å². The van der Waals surface area contributed by atoms with E-state index in [1.165, 1.54) is 6.66 Å². The van der Waals surface area contributed by atoms with Crippen LogP contribution in [0.5, 0.6) is 0 Å². The Morgan fingerprint density at radius 1 is 0.655 bits per heavy atom. The normalized spacial score (nSPS) is 31.2. The quantitative estimate of drug-likeness (QED) is 0.327. The SMILES string of the molecule is CC(=O)OC[C@H]1[C@@H](OC(C)=O)[C@H](OC(C)=O)[C@H](OC(C)=O)[C@@H](OC(C)=O)P1(C)=O. The molecular weight excluding hydrogens is 411 g/mol. The first kappa shape index (κ1) is 24.6. The highest BCUT2D eigenvalue weighted by atomic mass is 31.2. The third kappa shape index (κ3) is 6.56. The summed E-state index contributed by atoms with van der Waals surface area (Å²) in [4.78, 5) is 57.9. The van der Waals surface area contributed by atoms with Gasteiger partial charge in [-0.05, 0) is 6.66 Å². The van der Waals surface area contributed by atoms with Crippen LogP contribution in [0.2, 0.25) is 0 Å². The fourth-order valence-electron chi connectivity index (χ4n) is 3.11. The summed E-state index contributed by atoms with van der Waals surface area (Å²) in [6, 6.07) is 0. The van der Waals surface area contributed by atoms with Gasteiger partial charge in [0.15, 0.2) is 24.2 Å². The van der Waals surface area contributed by atoms with Gasteiger partial charge in [-0.1, -0.05) is 0 Å². The van der Waals surface area contributed by atoms with Crippen LogP contribution in [0.15, 0.2) is 0 Å². The monoisotopic (exact) mass is 436 g/mol. The Bertz CT molecular complexity index is 731. The summed E-state index contributed by atoms with van der Waals surface area (Å²) in [5.41, 5.74) is -1.18. The fourth-order valence-corrected chi connectivity index (χ4v) is 5.84. The predicted molar refractivity (Wildman–Crippen MR) is 96.2 cm³/mol. The van der Waals surface area contributed by atoms with Crippen molar-refractivity contribution < 1.29 is 52.2 Å². The van der Waals surface area contributed by atoms with E-state index in [0.29, 0.717) is 0 Å². The standard InChI is InChI=1S/C17H25O11P/c1-8(18)24-7-13-14(25-9(2)19)15(26-10(3)20)16(27-11(4)21)17(28-12(5)22)29(13,6)23/h13-17H,7H2,1-6H3/t13-,14+,15-,16-,17-,29?/m0/s1. The van der Waals surface area contributed by atoms with Gasteiger partial charge >= 0.3 is 29.8 Å². The van der Waals surface area contributed by atoms with Gasteiger partial charge in [0, 0.05) is 34.6 Å². The molecule has 1 aliphatic heterocycles. The zero-order valence-corrected chi connectivity index (χ0v) is 17.9. The molecule has 0 amide bonds. The molecule has 1 unspecified atom stereocenters. The number of hydrogen-bond donors (Lipinski definition) is 0. The average Bonchev–Trinajstić information content (AvgIpc) is 2.52. The number of ether oxygens (including phenoxy) is 5. The Labute approximate surface area is 167 Å². The maximum atomic E-state index is 13.7. The summed E-state index contributed by atoms with van der Waals surface area (Å²) < 4.78 is 39.4. The van der Waals surface area contributed by atoms with E-state index in [2.05, 4.69) is 0 Å². The first-order valence-corrected chi connectivity index (χ1v) is 11.0. The summed E-state index contributed by atoms with van der Waals surface area (Å²) in [6.45, 7) is 6.16. The first-order chi connectivity index (χ1) is 13.3. The molecule has 12 heteroatoms. The van der Waals surface area contributed by atoms with Crippen molar-refractivity contribution in [2.75, 3.05) is 13.3 Å². The molecule has 1 heterocycles. The minimum atomic E-state index is -3.69. The molecule has 1 fully saturated rings. The van der Waals surface area contributed by atoms with Crippen LogP contribution in [-0.2, 0) is 52.2 Å². The third-order valence-corrected chi connectivity index (χ3v) is 7.29. The maximum Gasteiger partial charge on any atom is 0.303 e. The zero-order chi connectivity index (χ0) is 22.5. The number of hydrogen-bond acceptors (Lipinski definition) is 11. The Balaban J connectivity index is 3.59. The molecule has 0 aliphatic carbocycles. The molecule has 1 aliphatic rings. The van der Waals surface area contributed by atoms with E-state index in [1.807, 2.05) is 0 Å². The Hall–Kier alpha value is -2.42. The van der Waals surface area contributed by atoms with Crippen molar-refractivity contribution in [3.63, 3.8) is 0 Å². The second kappa shape index (κ2) is 9.87. The van der Waals surface area contributed by atoms with Crippen LogP contribution in [0.3, 0.4) is 0 Å². The lowest BCUT2D eigenvalue weighted by Crippen LogP contribution is -2.61. The van der Waals surface area contributed by atoms with E-state index in [0.717, 1.165) is 34.6 Å². The first-order valence-electron chi connectivity index (χ1n) is 8.66. The molecule has 1 rings (SSSR count). The molecular formula is C17H25O11P. The number of carbonyl (C=O) groups is 5. The van der Waals surface area contributed by atoms with Crippen molar-refractivity contribution >= 4 is 37.0 Å². The molecule has 1 saturated heterocycles. The Morgan fingerprint density at radius 3 is 1.48 bits per heavy atom. The van der Waals surface area contributed by atoms with Crippen molar-refractivity contribution in [1.29, 1.82) is 0 Å². The highest BCUT2D eigenvalue weighted by Gasteiger charge is 2.61. The summed E-state index contributed by atoms with van der Waals surface area (Å²) in [7, 11) is -3.69. The maximum absolute atomic E-state index is 13.7. The molecule has 11 nitrogen and oxygen atoms in total. The van der Waals surface area contributed by atoms with Gasteiger partial charge in [-0.2, -0.15) is 0 Å². The third-order valence-electron chi connectivity index (χ3n) is 4.12.